The van der Waals surface area contributed by atoms with Gasteiger partial charge in [-0.15, -0.1) is 0 Å². The average molecular weight is 327 g/mol. The summed E-state index contributed by atoms with van der Waals surface area (Å²) in [5, 5.41) is 0.751. The number of halogens is 1. The molecule has 23 heavy (non-hydrogen) atoms. The molecule has 0 unspecified atom stereocenters. The third-order valence-corrected chi connectivity index (χ3v) is 5.29. The summed E-state index contributed by atoms with van der Waals surface area (Å²) in [7, 11) is 2.17. The van der Waals surface area contributed by atoms with E-state index in [0.29, 0.717) is 6.54 Å². The smallest absolute Gasteiger partial charge is 0.111 e. The van der Waals surface area contributed by atoms with Crippen molar-refractivity contribution in [3.05, 3.63) is 71.8 Å². The zero-order chi connectivity index (χ0) is 16.1. The van der Waals surface area contributed by atoms with Crippen LogP contribution in [-0.4, -0.2) is 30.2 Å². The lowest BCUT2D eigenvalue weighted by Gasteiger charge is -2.40. The predicted molar refractivity (Wildman–Crippen MR) is 98.3 cm³/mol. The first-order valence-corrected chi connectivity index (χ1v) is 8.57. The Kier molecular flexibility index (Phi) is 5.14. The van der Waals surface area contributed by atoms with Crippen molar-refractivity contribution in [2.24, 2.45) is 4.99 Å². The highest BCUT2D eigenvalue weighted by molar-refractivity contribution is 6.67. The Bertz CT molecular complexity index is 644. The van der Waals surface area contributed by atoms with E-state index in [1.54, 1.807) is 0 Å². The zero-order valence-corrected chi connectivity index (χ0v) is 14.3. The SMILES string of the molecule is CN1CCC(/C(Cl)=N/Cc2ccccc2)(c2ccccc2)CC1. The lowest BCUT2D eigenvalue weighted by Crippen LogP contribution is -2.44. The van der Waals surface area contributed by atoms with Gasteiger partial charge < -0.3 is 4.90 Å². The van der Waals surface area contributed by atoms with E-state index in [2.05, 4.69) is 54.4 Å². The van der Waals surface area contributed by atoms with Gasteiger partial charge in [-0.3, -0.25) is 4.99 Å². The fourth-order valence-electron chi connectivity index (χ4n) is 3.27. The average Bonchev–Trinajstić information content (AvgIpc) is 2.62. The van der Waals surface area contributed by atoms with Crippen LogP contribution < -0.4 is 0 Å². The van der Waals surface area contributed by atoms with Crippen molar-refractivity contribution in [1.82, 2.24) is 4.90 Å². The molecule has 0 radical (unpaired) electrons. The molecule has 0 N–H and O–H groups in total. The number of hydrogen-bond donors (Lipinski definition) is 0. The summed E-state index contributed by atoms with van der Waals surface area (Å²) in [6, 6.07) is 20.9. The number of hydrogen-bond acceptors (Lipinski definition) is 2. The van der Waals surface area contributed by atoms with Crippen molar-refractivity contribution in [3.63, 3.8) is 0 Å². The topological polar surface area (TPSA) is 15.6 Å². The third-order valence-electron chi connectivity index (χ3n) is 4.81. The van der Waals surface area contributed by atoms with Crippen molar-refractivity contribution in [1.29, 1.82) is 0 Å². The molecule has 3 rings (SSSR count). The molecule has 1 aliphatic rings. The van der Waals surface area contributed by atoms with Crippen molar-refractivity contribution in [2.75, 3.05) is 20.1 Å². The number of piperidine rings is 1. The van der Waals surface area contributed by atoms with Crippen LogP contribution >= 0.6 is 11.6 Å². The Labute approximate surface area is 143 Å². The molecule has 0 bridgehead atoms. The van der Waals surface area contributed by atoms with E-state index in [-0.39, 0.29) is 5.41 Å². The lowest BCUT2D eigenvalue weighted by atomic mass is 9.73. The first kappa shape index (κ1) is 16.2. The minimum absolute atomic E-state index is 0.135. The molecular formula is C20H23ClN2. The van der Waals surface area contributed by atoms with Crippen LogP contribution in [0.1, 0.15) is 24.0 Å². The van der Waals surface area contributed by atoms with E-state index in [1.807, 2.05) is 18.2 Å². The van der Waals surface area contributed by atoms with Gasteiger partial charge in [0.25, 0.3) is 0 Å². The Balaban J connectivity index is 1.89. The highest BCUT2D eigenvalue weighted by Gasteiger charge is 2.39. The largest absolute Gasteiger partial charge is 0.306 e. The Morgan fingerprint density at radius 3 is 2.17 bits per heavy atom. The fraction of sp³-hybridized carbons (Fsp3) is 0.350. The van der Waals surface area contributed by atoms with E-state index in [1.165, 1.54) is 11.1 Å². The predicted octanol–water partition coefficient (Wildman–Crippen LogP) is 4.49. The normalized spacial score (nSPS) is 18.8. The molecule has 1 heterocycles. The van der Waals surface area contributed by atoms with E-state index in [0.717, 1.165) is 31.1 Å². The molecule has 1 fully saturated rings. The maximum absolute atomic E-state index is 6.78. The van der Waals surface area contributed by atoms with Crippen LogP contribution in [-0.2, 0) is 12.0 Å². The van der Waals surface area contributed by atoms with Crippen LogP contribution in [0, 0.1) is 0 Å². The highest BCUT2D eigenvalue weighted by Crippen LogP contribution is 2.38. The molecule has 0 aromatic heterocycles. The molecule has 1 saturated heterocycles. The Morgan fingerprint density at radius 1 is 1.00 bits per heavy atom. The highest BCUT2D eigenvalue weighted by atomic mass is 35.5. The minimum atomic E-state index is -0.135. The summed E-state index contributed by atoms with van der Waals surface area (Å²) >= 11 is 6.78. The molecule has 0 saturated carbocycles. The summed E-state index contributed by atoms with van der Waals surface area (Å²) in [4.78, 5) is 7.12. The fourth-order valence-corrected chi connectivity index (χ4v) is 3.62. The van der Waals surface area contributed by atoms with Gasteiger partial charge in [-0.1, -0.05) is 72.3 Å². The van der Waals surface area contributed by atoms with Crippen molar-refractivity contribution < 1.29 is 0 Å². The van der Waals surface area contributed by atoms with Gasteiger partial charge >= 0.3 is 0 Å². The molecule has 0 amide bonds. The lowest BCUT2D eigenvalue weighted by molar-refractivity contribution is 0.229. The summed E-state index contributed by atoms with van der Waals surface area (Å²) in [5.41, 5.74) is 2.35. The van der Waals surface area contributed by atoms with Gasteiger partial charge in [0.1, 0.15) is 5.17 Å². The van der Waals surface area contributed by atoms with Gasteiger partial charge in [0.05, 0.1) is 12.0 Å². The van der Waals surface area contributed by atoms with Crippen molar-refractivity contribution >= 4 is 16.8 Å². The molecule has 0 spiro atoms. The van der Waals surface area contributed by atoms with Crippen LogP contribution in [0.5, 0.6) is 0 Å². The van der Waals surface area contributed by atoms with Crippen LogP contribution in [0.25, 0.3) is 0 Å². The molecule has 2 aromatic carbocycles. The second-order valence-electron chi connectivity index (χ2n) is 6.34. The first-order valence-electron chi connectivity index (χ1n) is 8.19. The molecule has 0 aliphatic carbocycles. The monoisotopic (exact) mass is 326 g/mol. The minimum Gasteiger partial charge on any atom is -0.306 e. The van der Waals surface area contributed by atoms with Crippen LogP contribution in [0.3, 0.4) is 0 Å². The molecular weight excluding hydrogens is 304 g/mol. The van der Waals surface area contributed by atoms with Gasteiger partial charge in [-0.2, -0.15) is 0 Å². The third kappa shape index (κ3) is 3.65. The summed E-state index contributed by atoms with van der Waals surface area (Å²) < 4.78 is 0. The summed E-state index contributed by atoms with van der Waals surface area (Å²) in [6.45, 7) is 2.74. The summed E-state index contributed by atoms with van der Waals surface area (Å²) in [6.07, 6.45) is 2.04. The van der Waals surface area contributed by atoms with E-state index in [9.17, 15) is 0 Å². The quantitative estimate of drug-likeness (QED) is 0.756. The molecule has 3 heteroatoms. The zero-order valence-electron chi connectivity index (χ0n) is 13.6. The molecule has 120 valence electrons. The number of benzene rings is 2. The van der Waals surface area contributed by atoms with Gasteiger partial charge in [0.2, 0.25) is 0 Å². The molecule has 0 atom stereocenters. The Morgan fingerprint density at radius 2 is 1.57 bits per heavy atom. The first-order chi connectivity index (χ1) is 11.2. The number of rotatable bonds is 4. The second kappa shape index (κ2) is 7.29. The van der Waals surface area contributed by atoms with Gasteiger partial charge in [-0.25, -0.2) is 0 Å². The van der Waals surface area contributed by atoms with Gasteiger partial charge in [0.15, 0.2) is 0 Å². The Hall–Kier alpha value is -1.64. The molecule has 2 aromatic rings. The van der Waals surface area contributed by atoms with E-state index < -0.39 is 0 Å². The molecule has 1 aliphatic heterocycles. The maximum atomic E-state index is 6.78. The number of aliphatic imine (C=N–C) groups is 1. The second-order valence-corrected chi connectivity index (χ2v) is 6.70. The van der Waals surface area contributed by atoms with Gasteiger partial charge in [0, 0.05) is 0 Å². The van der Waals surface area contributed by atoms with Crippen molar-refractivity contribution in [3.8, 4) is 0 Å². The number of nitrogens with zero attached hydrogens (tertiary/aromatic N) is 2. The van der Waals surface area contributed by atoms with Crippen molar-refractivity contribution in [2.45, 2.75) is 24.8 Å². The van der Waals surface area contributed by atoms with Crippen LogP contribution in [0.2, 0.25) is 0 Å². The van der Waals surface area contributed by atoms with E-state index >= 15 is 0 Å². The standard InChI is InChI=1S/C20H23ClN2/c1-23-14-12-20(13-15-23,18-10-6-3-7-11-18)19(21)22-16-17-8-4-2-5-9-17/h2-11H,12-16H2,1H3/b22-19-. The maximum Gasteiger partial charge on any atom is 0.111 e. The summed E-state index contributed by atoms with van der Waals surface area (Å²) in [5.74, 6) is 0. The number of likely N-dealkylation sites (tertiary alicyclic amines) is 1. The van der Waals surface area contributed by atoms with Crippen LogP contribution in [0.4, 0.5) is 0 Å². The van der Waals surface area contributed by atoms with Crippen LogP contribution in [0.15, 0.2) is 65.7 Å². The van der Waals surface area contributed by atoms with Gasteiger partial charge in [-0.05, 0) is 44.1 Å². The van der Waals surface area contributed by atoms with E-state index in [4.69, 9.17) is 16.6 Å². The molecule has 2 nitrogen and oxygen atoms in total.